The number of aromatic nitrogens is 5. The molecule has 0 saturated carbocycles. The van der Waals surface area contributed by atoms with Gasteiger partial charge in [0.05, 0.1) is 23.5 Å². The van der Waals surface area contributed by atoms with Crippen molar-refractivity contribution >= 4 is 34.6 Å². The minimum atomic E-state index is -1.17. The number of H-pyrrole nitrogens is 1. The first-order valence-electron chi connectivity index (χ1n) is 9.71. The van der Waals surface area contributed by atoms with Crippen LogP contribution in [-0.2, 0) is 6.42 Å². The molecule has 11 heteroatoms. The number of nitrogens with zero attached hydrogens (tertiary/aromatic N) is 4. The first-order valence-corrected chi connectivity index (χ1v) is 10.1. The number of aromatic amines is 1. The number of carboxylic acids is 1. The third-order valence-corrected chi connectivity index (χ3v) is 4.99. The number of anilines is 1. The van der Waals surface area contributed by atoms with E-state index in [0.29, 0.717) is 53.4 Å². The molecule has 1 aromatic carbocycles. The van der Waals surface area contributed by atoms with Gasteiger partial charge >= 0.3 is 5.97 Å². The van der Waals surface area contributed by atoms with E-state index in [1.807, 2.05) is 0 Å². The number of ether oxygens (including phenoxy) is 1. The van der Waals surface area contributed by atoms with Gasteiger partial charge in [-0.05, 0) is 31.0 Å². The Bertz CT molecular complexity index is 1280. The average Bonchev–Trinajstić information content (AvgIpc) is 3.27. The van der Waals surface area contributed by atoms with Crippen molar-refractivity contribution in [3.8, 4) is 16.9 Å². The highest BCUT2D eigenvalue weighted by Crippen LogP contribution is 2.39. The van der Waals surface area contributed by atoms with Crippen LogP contribution in [0.1, 0.15) is 23.0 Å². The van der Waals surface area contributed by atoms with Gasteiger partial charge in [-0.15, -0.1) is 0 Å². The molecule has 0 bridgehead atoms. The number of nitrogens with one attached hydrogen (secondary N) is 2. The zero-order valence-corrected chi connectivity index (χ0v) is 17.6. The number of carboxylic acid groups (broad SMARTS) is 1. The normalized spacial score (nSPS) is 11.0. The van der Waals surface area contributed by atoms with Crippen molar-refractivity contribution in [3.63, 3.8) is 0 Å². The Kier molecular flexibility index (Phi) is 6.13. The zero-order valence-electron chi connectivity index (χ0n) is 16.9. The standard InChI is InChI=1S/C21H18ClFN6O3/c1-2-32-18-11(5-6-24-19-17-20(27-9-26-17)29-10-28-19)7-13(22)16(23)15(18)12-3-4-14(21(30)31)25-8-12/h3-4,7-10H,2,5-6H2,1H3,(H,30,31)(H2,24,26,27,28,29). The van der Waals surface area contributed by atoms with Crippen molar-refractivity contribution in [1.29, 1.82) is 0 Å². The molecule has 164 valence electrons. The van der Waals surface area contributed by atoms with Crippen LogP contribution in [0.5, 0.6) is 5.75 Å². The van der Waals surface area contributed by atoms with Crippen LogP contribution in [0.3, 0.4) is 0 Å². The molecule has 3 N–H and O–H groups in total. The van der Waals surface area contributed by atoms with Crippen LogP contribution < -0.4 is 10.1 Å². The van der Waals surface area contributed by atoms with E-state index >= 15 is 4.39 Å². The second kappa shape index (κ2) is 9.15. The number of hydrogen-bond acceptors (Lipinski definition) is 7. The lowest BCUT2D eigenvalue weighted by atomic mass is 9.99. The smallest absolute Gasteiger partial charge is 0.354 e. The Morgan fingerprint density at radius 3 is 2.84 bits per heavy atom. The second-order valence-corrected chi connectivity index (χ2v) is 7.11. The lowest BCUT2D eigenvalue weighted by Crippen LogP contribution is -2.10. The summed E-state index contributed by atoms with van der Waals surface area (Å²) < 4.78 is 20.8. The molecule has 0 saturated heterocycles. The van der Waals surface area contributed by atoms with E-state index in [0.717, 1.165) is 0 Å². The maximum atomic E-state index is 15.0. The summed E-state index contributed by atoms with van der Waals surface area (Å²) in [7, 11) is 0. The van der Waals surface area contributed by atoms with E-state index < -0.39 is 11.8 Å². The first-order chi connectivity index (χ1) is 15.5. The van der Waals surface area contributed by atoms with E-state index in [1.165, 1.54) is 37.1 Å². The lowest BCUT2D eigenvalue weighted by molar-refractivity contribution is 0.0690. The van der Waals surface area contributed by atoms with E-state index in [9.17, 15) is 4.79 Å². The van der Waals surface area contributed by atoms with Gasteiger partial charge in [-0.2, -0.15) is 0 Å². The monoisotopic (exact) mass is 456 g/mol. The van der Waals surface area contributed by atoms with Gasteiger partial charge in [0.15, 0.2) is 17.3 Å². The molecule has 0 aliphatic rings. The predicted molar refractivity (Wildman–Crippen MR) is 117 cm³/mol. The Hall–Kier alpha value is -3.79. The van der Waals surface area contributed by atoms with Gasteiger partial charge < -0.3 is 20.1 Å². The molecule has 32 heavy (non-hydrogen) atoms. The molecule has 0 aliphatic heterocycles. The van der Waals surface area contributed by atoms with Crippen molar-refractivity contribution in [2.75, 3.05) is 18.5 Å². The average molecular weight is 457 g/mol. The Morgan fingerprint density at radius 2 is 2.12 bits per heavy atom. The number of benzene rings is 1. The fraction of sp³-hybridized carbons (Fsp3) is 0.190. The number of aromatic carboxylic acids is 1. The highest BCUT2D eigenvalue weighted by molar-refractivity contribution is 6.31. The molecule has 3 heterocycles. The van der Waals surface area contributed by atoms with Crippen molar-refractivity contribution in [3.05, 3.63) is 59.1 Å². The van der Waals surface area contributed by atoms with Gasteiger partial charge in [-0.1, -0.05) is 17.7 Å². The van der Waals surface area contributed by atoms with Crippen molar-refractivity contribution in [2.24, 2.45) is 0 Å². The van der Waals surface area contributed by atoms with Crippen molar-refractivity contribution in [2.45, 2.75) is 13.3 Å². The van der Waals surface area contributed by atoms with Gasteiger partial charge in [0, 0.05) is 18.3 Å². The van der Waals surface area contributed by atoms with Crippen LogP contribution in [0.25, 0.3) is 22.3 Å². The minimum Gasteiger partial charge on any atom is -0.493 e. The summed E-state index contributed by atoms with van der Waals surface area (Å²) in [6.07, 6.45) is 4.69. The van der Waals surface area contributed by atoms with Crippen LogP contribution in [0.15, 0.2) is 37.1 Å². The number of imidazole rings is 1. The highest BCUT2D eigenvalue weighted by Gasteiger charge is 2.21. The third kappa shape index (κ3) is 4.17. The van der Waals surface area contributed by atoms with Crippen LogP contribution in [-0.4, -0.2) is 49.1 Å². The quantitative estimate of drug-likeness (QED) is 0.363. The number of fused-ring (bicyclic) bond motifs is 1. The van der Waals surface area contributed by atoms with Crippen LogP contribution in [0, 0.1) is 5.82 Å². The van der Waals surface area contributed by atoms with Crippen LogP contribution >= 0.6 is 11.6 Å². The summed E-state index contributed by atoms with van der Waals surface area (Å²) in [5, 5.41) is 12.2. The van der Waals surface area contributed by atoms with Crippen molar-refractivity contribution in [1.82, 2.24) is 24.9 Å². The minimum absolute atomic E-state index is 0.0706. The molecular weight excluding hydrogens is 439 g/mol. The van der Waals surface area contributed by atoms with Crippen LogP contribution in [0.2, 0.25) is 5.02 Å². The molecule has 4 rings (SSSR count). The lowest BCUT2D eigenvalue weighted by Gasteiger charge is -2.18. The fourth-order valence-electron chi connectivity index (χ4n) is 3.30. The first kappa shape index (κ1) is 21.4. The zero-order chi connectivity index (χ0) is 22.7. The number of carbonyl (C=O) groups is 1. The summed E-state index contributed by atoms with van der Waals surface area (Å²) in [6, 6.07) is 4.31. The maximum absolute atomic E-state index is 15.0. The molecular formula is C21H18ClFN6O3. The Labute approximate surface area is 186 Å². The van der Waals surface area contributed by atoms with Gasteiger partial charge in [0.2, 0.25) is 0 Å². The Balaban J connectivity index is 1.65. The van der Waals surface area contributed by atoms with Gasteiger partial charge in [0.1, 0.15) is 23.3 Å². The van der Waals surface area contributed by atoms with E-state index in [-0.39, 0.29) is 16.3 Å². The van der Waals surface area contributed by atoms with E-state index in [1.54, 1.807) is 6.92 Å². The topological polar surface area (TPSA) is 126 Å². The van der Waals surface area contributed by atoms with Gasteiger partial charge in [-0.3, -0.25) is 0 Å². The number of halogens is 2. The summed E-state index contributed by atoms with van der Waals surface area (Å²) in [4.78, 5) is 30.4. The van der Waals surface area contributed by atoms with Gasteiger partial charge in [0.25, 0.3) is 0 Å². The van der Waals surface area contributed by atoms with Gasteiger partial charge in [-0.25, -0.2) is 29.1 Å². The second-order valence-electron chi connectivity index (χ2n) is 6.71. The largest absolute Gasteiger partial charge is 0.493 e. The third-order valence-electron chi connectivity index (χ3n) is 4.72. The summed E-state index contributed by atoms with van der Waals surface area (Å²) in [5.74, 6) is -0.912. The molecule has 0 aliphatic carbocycles. The molecule has 0 atom stereocenters. The highest BCUT2D eigenvalue weighted by atomic mass is 35.5. The molecule has 4 aromatic rings. The predicted octanol–water partition coefficient (Wildman–Crippen LogP) is 3.96. The molecule has 3 aromatic heterocycles. The summed E-state index contributed by atoms with van der Waals surface area (Å²) >= 11 is 6.18. The van der Waals surface area contributed by atoms with Crippen LogP contribution in [0.4, 0.5) is 10.2 Å². The molecule has 0 radical (unpaired) electrons. The molecule has 0 amide bonds. The number of hydrogen-bond donors (Lipinski definition) is 3. The molecule has 0 fully saturated rings. The summed E-state index contributed by atoms with van der Waals surface area (Å²) in [6.45, 7) is 2.54. The molecule has 0 unspecified atom stereocenters. The van der Waals surface area contributed by atoms with E-state index in [2.05, 4.69) is 30.2 Å². The number of rotatable bonds is 8. The number of pyridine rings is 1. The fourth-order valence-corrected chi connectivity index (χ4v) is 3.52. The van der Waals surface area contributed by atoms with E-state index in [4.69, 9.17) is 21.4 Å². The summed E-state index contributed by atoms with van der Waals surface area (Å²) in [5.41, 5.74) is 2.26. The SMILES string of the molecule is CCOc1c(CCNc2ncnc3nc[nH]c23)cc(Cl)c(F)c1-c1ccc(C(=O)O)nc1. The Morgan fingerprint density at radius 1 is 1.28 bits per heavy atom. The molecule has 9 nitrogen and oxygen atoms in total. The molecule has 0 spiro atoms. The maximum Gasteiger partial charge on any atom is 0.354 e. The van der Waals surface area contributed by atoms with Crippen molar-refractivity contribution < 1.29 is 19.0 Å².